The molecule has 1 fully saturated rings. The first-order valence-electron chi connectivity index (χ1n) is 15.9. The van der Waals surface area contributed by atoms with Gasteiger partial charge in [-0.1, -0.05) is 43.3 Å². The Labute approximate surface area is 267 Å². The van der Waals surface area contributed by atoms with Crippen LogP contribution in [0.1, 0.15) is 61.4 Å². The number of esters is 1. The first-order valence-corrected chi connectivity index (χ1v) is 15.9. The van der Waals surface area contributed by atoms with Gasteiger partial charge in [0.15, 0.2) is 5.60 Å². The van der Waals surface area contributed by atoms with Crippen LogP contribution in [0.15, 0.2) is 66.7 Å². The van der Waals surface area contributed by atoms with E-state index < -0.39 is 17.4 Å². The normalized spacial score (nSPS) is 21.1. The van der Waals surface area contributed by atoms with E-state index in [1.54, 1.807) is 58.0 Å². The zero-order chi connectivity index (χ0) is 32.6. The molecule has 0 spiro atoms. The van der Waals surface area contributed by atoms with Crippen molar-refractivity contribution < 1.29 is 34.1 Å². The fourth-order valence-electron chi connectivity index (χ4n) is 7.09. The highest BCUT2D eigenvalue weighted by Crippen LogP contribution is 2.49. The van der Waals surface area contributed by atoms with Crippen molar-refractivity contribution in [3.8, 4) is 0 Å². The predicted octanol–water partition coefficient (Wildman–Crippen LogP) is 4.57. The minimum absolute atomic E-state index is 0.0756. The summed E-state index contributed by atoms with van der Waals surface area (Å²) in [6.45, 7) is 2.54. The van der Waals surface area contributed by atoms with Crippen LogP contribution in [0.5, 0.6) is 0 Å². The summed E-state index contributed by atoms with van der Waals surface area (Å²) >= 11 is 0. The van der Waals surface area contributed by atoms with E-state index in [0.717, 1.165) is 29.3 Å². The SMILES string of the molecule is COC(=O)CCCCN1C(=O)[C@@](O)([C@@H](C)/C=C/CC(=O)N2CCC[C@H]2CO)c2cc(N3C(=O)c4cccc5cccc3c45)ccc21. The standard InChI is InChI=1S/C36H39N3O7/c1-23(9-5-15-31(41)37-20-8-12-26(37)22-40)36(45)28-21-25(17-18-29(28)38(35(36)44)19-4-3-16-32(42)46-2)39-30-14-7-11-24-10-6-13-27(33(24)30)34(39)43/h5-7,9-11,13-14,17-18,21,23,26,40,45H,3-4,8,12,15-16,19-20,22H2,1-2H3/b9-5+/t23-,26-,36+/m0/s1. The van der Waals surface area contributed by atoms with Gasteiger partial charge >= 0.3 is 5.97 Å². The molecular formula is C36H39N3O7. The van der Waals surface area contributed by atoms with E-state index in [1.807, 2.05) is 30.3 Å². The molecule has 0 aromatic heterocycles. The molecule has 2 N–H and O–H groups in total. The summed E-state index contributed by atoms with van der Waals surface area (Å²) in [7, 11) is 1.34. The molecular weight excluding hydrogens is 586 g/mol. The van der Waals surface area contributed by atoms with E-state index in [1.165, 1.54) is 7.11 Å². The minimum atomic E-state index is -1.96. The molecule has 3 amide bonds. The van der Waals surface area contributed by atoms with Gasteiger partial charge in [-0.15, -0.1) is 0 Å². The molecule has 3 aliphatic rings. The van der Waals surface area contributed by atoms with Gasteiger partial charge in [-0.2, -0.15) is 0 Å². The molecule has 10 nitrogen and oxygen atoms in total. The van der Waals surface area contributed by atoms with Crippen molar-refractivity contribution in [1.29, 1.82) is 0 Å². The maximum atomic E-state index is 14.1. The summed E-state index contributed by atoms with van der Waals surface area (Å²) in [6, 6.07) is 16.5. The highest BCUT2D eigenvalue weighted by Gasteiger charge is 2.52. The Morgan fingerprint density at radius 3 is 2.63 bits per heavy atom. The third-order valence-electron chi connectivity index (χ3n) is 9.59. The van der Waals surface area contributed by atoms with Crippen LogP contribution < -0.4 is 9.80 Å². The van der Waals surface area contributed by atoms with Crippen LogP contribution in [0.4, 0.5) is 17.1 Å². The number of anilines is 3. The number of amides is 3. The van der Waals surface area contributed by atoms with Crippen LogP contribution in [-0.4, -0.2) is 71.7 Å². The lowest BCUT2D eigenvalue weighted by atomic mass is 9.82. The van der Waals surface area contributed by atoms with Crippen LogP contribution >= 0.6 is 0 Å². The predicted molar refractivity (Wildman–Crippen MR) is 174 cm³/mol. The molecule has 3 heterocycles. The summed E-state index contributed by atoms with van der Waals surface area (Å²) in [5.41, 5.74) is 0.811. The molecule has 46 heavy (non-hydrogen) atoms. The number of carbonyl (C=O) groups is 4. The second kappa shape index (κ2) is 12.7. The number of aliphatic hydroxyl groups excluding tert-OH is 1. The molecule has 3 aromatic rings. The molecule has 0 unspecified atom stereocenters. The number of benzene rings is 3. The third kappa shape index (κ3) is 5.25. The van der Waals surface area contributed by atoms with Gasteiger partial charge in [0, 0.05) is 48.5 Å². The van der Waals surface area contributed by atoms with Gasteiger partial charge in [-0.25, -0.2) is 0 Å². The lowest BCUT2D eigenvalue weighted by molar-refractivity contribution is -0.140. The van der Waals surface area contributed by atoms with E-state index >= 15 is 0 Å². The summed E-state index contributed by atoms with van der Waals surface area (Å²) in [4.78, 5) is 57.2. The molecule has 3 atom stereocenters. The van der Waals surface area contributed by atoms with Gasteiger partial charge < -0.3 is 24.7 Å². The zero-order valence-corrected chi connectivity index (χ0v) is 26.1. The smallest absolute Gasteiger partial charge is 0.305 e. The van der Waals surface area contributed by atoms with Gasteiger partial charge in [0.2, 0.25) is 5.91 Å². The average molecular weight is 626 g/mol. The highest BCUT2D eigenvalue weighted by molar-refractivity contribution is 6.28. The van der Waals surface area contributed by atoms with E-state index in [4.69, 9.17) is 4.74 Å². The van der Waals surface area contributed by atoms with Crippen LogP contribution in [0.3, 0.4) is 0 Å². The van der Waals surface area contributed by atoms with Crippen molar-refractivity contribution in [2.45, 2.75) is 57.1 Å². The molecule has 0 saturated carbocycles. The number of carbonyl (C=O) groups excluding carboxylic acids is 4. The maximum absolute atomic E-state index is 14.1. The second-order valence-electron chi connectivity index (χ2n) is 12.3. The van der Waals surface area contributed by atoms with Crippen molar-refractivity contribution in [3.63, 3.8) is 0 Å². The highest BCUT2D eigenvalue weighted by atomic mass is 16.5. The number of aliphatic hydroxyl groups is 2. The Morgan fingerprint density at radius 1 is 1.09 bits per heavy atom. The van der Waals surface area contributed by atoms with E-state index in [-0.39, 0.29) is 49.8 Å². The van der Waals surface area contributed by atoms with Gasteiger partial charge in [0.1, 0.15) is 0 Å². The Bertz CT molecular complexity index is 1730. The fraction of sp³-hybridized carbons (Fsp3) is 0.389. The van der Waals surface area contributed by atoms with Crippen molar-refractivity contribution in [2.24, 2.45) is 5.92 Å². The fourth-order valence-corrected chi connectivity index (χ4v) is 7.09. The average Bonchev–Trinajstić information content (AvgIpc) is 3.72. The summed E-state index contributed by atoms with van der Waals surface area (Å²) in [5.74, 6) is -1.84. The number of ether oxygens (including phenoxy) is 1. The number of likely N-dealkylation sites (tertiary alicyclic amines) is 1. The number of unbranched alkanes of at least 4 members (excludes halogenated alkanes) is 1. The lowest BCUT2D eigenvalue weighted by Gasteiger charge is -2.28. The van der Waals surface area contributed by atoms with Crippen LogP contribution in [0.25, 0.3) is 10.8 Å². The lowest BCUT2D eigenvalue weighted by Crippen LogP contribution is -2.44. The van der Waals surface area contributed by atoms with Gasteiger partial charge in [0.25, 0.3) is 11.8 Å². The molecule has 1 saturated heterocycles. The van der Waals surface area contributed by atoms with E-state index in [2.05, 4.69) is 0 Å². The molecule has 0 bridgehead atoms. The second-order valence-corrected chi connectivity index (χ2v) is 12.3. The molecule has 3 aliphatic heterocycles. The van der Waals surface area contributed by atoms with Gasteiger partial charge in [-0.05, 0) is 61.4 Å². The molecule has 6 rings (SSSR count). The first kappa shape index (κ1) is 31.4. The number of fused-ring (bicyclic) bond motifs is 1. The van der Waals surface area contributed by atoms with Crippen LogP contribution in [0.2, 0.25) is 0 Å². The zero-order valence-electron chi connectivity index (χ0n) is 26.1. The van der Waals surface area contributed by atoms with Crippen LogP contribution in [-0.2, 0) is 24.7 Å². The van der Waals surface area contributed by atoms with E-state index in [9.17, 15) is 29.4 Å². The number of nitrogens with zero attached hydrogens (tertiary/aromatic N) is 3. The topological polar surface area (TPSA) is 128 Å². The Morgan fingerprint density at radius 2 is 1.87 bits per heavy atom. The van der Waals surface area contributed by atoms with E-state index in [0.29, 0.717) is 41.9 Å². The number of hydrogen-bond donors (Lipinski definition) is 2. The summed E-state index contributed by atoms with van der Waals surface area (Å²) in [6.07, 6.45) is 6.31. The van der Waals surface area contributed by atoms with Crippen molar-refractivity contribution >= 4 is 51.5 Å². The van der Waals surface area contributed by atoms with Crippen LogP contribution in [0, 0.1) is 5.92 Å². The quantitative estimate of drug-likeness (QED) is 0.182. The van der Waals surface area contributed by atoms with Crippen molar-refractivity contribution in [1.82, 2.24) is 4.90 Å². The molecule has 0 radical (unpaired) electrons. The largest absolute Gasteiger partial charge is 0.469 e. The summed E-state index contributed by atoms with van der Waals surface area (Å²) < 4.78 is 4.74. The minimum Gasteiger partial charge on any atom is -0.469 e. The first-order chi connectivity index (χ1) is 22.2. The number of methoxy groups -OCH3 is 1. The van der Waals surface area contributed by atoms with Gasteiger partial charge in [-0.3, -0.25) is 24.1 Å². The molecule has 3 aromatic carbocycles. The number of rotatable bonds is 11. The molecule has 240 valence electrons. The van der Waals surface area contributed by atoms with Crippen molar-refractivity contribution in [3.05, 3.63) is 77.9 Å². The van der Waals surface area contributed by atoms with Gasteiger partial charge in [0.05, 0.1) is 36.7 Å². The maximum Gasteiger partial charge on any atom is 0.305 e. The molecule has 0 aliphatic carbocycles. The molecule has 10 heteroatoms. The van der Waals surface area contributed by atoms with Crippen molar-refractivity contribution in [2.75, 3.05) is 36.6 Å². The number of hydrogen-bond acceptors (Lipinski definition) is 7. The Kier molecular flexibility index (Phi) is 8.67. The Balaban J connectivity index is 1.32. The summed E-state index contributed by atoms with van der Waals surface area (Å²) in [5, 5.41) is 23.7. The Hall–Kier alpha value is -4.54. The monoisotopic (exact) mass is 625 g/mol. The third-order valence-corrected chi connectivity index (χ3v) is 9.59.